The van der Waals surface area contributed by atoms with E-state index in [9.17, 15) is 9.90 Å². The second-order valence-corrected chi connectivity index (χ2v) is 5.79. The molecule has 0 aliphatic heterocycles. The molecule has 0 saturated heterocycles. The fourth-order valence-corrected chi connectivity index (χ4v) is 3.21. The van der Waals surface area contributed by atoms with Crippen molar-refractivity contribution in [2.24, 2.45) is 5.92 Å². The highest BCUT2D eigenvalue weighted by Gasteiger charge is 2.25. The zero-order valence-corrected chi connectivity index (χ0v) is 12.0. The van der Waals surface area contributed by atoms with E-state index in [1.54, 1.807) is 6.20 Å². The third-order valence-electron chi connectivity index (χ3n) is 4.38. The summed E-state index contributed by atoms with van der Waals surface area (Å²) in [6.45, 7) is 0.155. The highest BCUT2D eigenvalue weighted by atomic mass is 16.3. The third-order valence-corrected chi connectivity index (χ3v) is 4.38. The van der Waals surface area contributed by atoms with Crippen LogP contribution in [0.5, 0.6) is 0 Å². The number of aromatic amines is 1. The van der Waals surface area contributed by atoms with E-state index in [-0.39, 0.29) is 24.5 Å². The lowest BCUT2D eigenvalue weighted by Gasteiger charge is -2.30. The van der Waals surface area contributed by atoms with Crippen LogP contribution in [0.15, 0.2) is 24.5 Å². The molecule has 2 unspecified atom stereocenters. The minimum Gasteiger partial charge on any atom is -0.396 e. The van der Waals surface area contributed by atoms with Gasteiger partial charge in [-0.15, -0.1) is 0 Å². The topological polar surface area (TPSA) is 78.0 Å². The predicted molar refractivity (Wildman–Crippen MR) is 80.8 cm³/mol. The predicted octanol–water partition coefficient (Wildman–Crippen LogP) is 1.77. The number of H-pyrrole nitrogens is 1. The molecule has 1 saturated carbocycles. The van der Waals surface area contributed by atoms with Crippen LogP contribution in [-0.4, -0.2) is 33.6 Å². The molecule has 5 heteroatoms. The summed E-state index contributed by atoms with van der Waals surface area (Å²) in [6.07, 6.45) is 8.16. The van der Waals surface area contributed by atoms with E-state index in [4.69, 9.17) is 0 Å². The minimum absolute atomic E-state index is 0.0186. The van der Waals surface area contributed by atoms with Gasteiger partial charge in [-0.25, -0.2) is 4.98 Å². The first-order valence-corrected chi connectivity index (χ1v) is 7.59. The molecule has 2 heterocycles. The molecule has 1 amide bonds. The number of aromatic nitrogens is 2. The van der Waals surface area contributed by atoms with Gasteiger partial charge in [0.1, 0.15) is 5.65 Å². The number of rotatable bonds is 4. The van der Waals surface area contributed by atoms with Gasteiger partial charge in [-0.1, -0.05) is 12.8 Å². The summed E-state index contributed by atoms with van der Waals surface area (Å²) in [4.78, 5) is 19.6. The summed E-state index contributed by atoms with van der Waals surface area (Å²) in [5, 5.41) is 13.5. The minimum atomic E-state index is 0.0186. The number of carbonyl (C=O) groups is 1. The van der Waals surface area contributed by atoms with Crippen molar-refractivity contribution in [2.75, 3.05) is 6.61 Å². The van der Waals surface area contributed by atoms with Gasteiger partial charge >= 0.3 is 0 Å². The number of amides is 1. The van der Waals surface area contributed by atoms with Crippen molar-refractivity contribution in [3.8, 4) is 0 Å². The average molecular weight is 287 g/mol. The standard InChI is InChI=1S/C16H21N3O2/c20-10-11-4-1-2-6-14(11)19-15(21)8-12-9-18-16-13(12)5-3-7-17-16/h3,5,7,9,11,14,20H,1-2,4,6,8,10H2,(H,17,18)(H,19,21). The summed E-state index contributed by atoms with van der Waals surface area (Å²) >= 11 is 0. The molecule has 1 aliphatic carbocycles. The highest BCUT2D eigenvalue weighted by molar-refractivity contribution is 5.87. The molecule has 2 aromatic rings. The smallest absolute Gasteiger partial charge is 0.224 e. The Hall–Kier alpha value is -1.88. The van der Waals surface area contributed by atoms with Crippen LogP contribution >= 0.6 is 0 Å². The second kappa shape index (κ2) is 6.26. The SMILES string of the molecule is O=C(Cc1c[nH]c2ncccc12)NC1CCCCC1CO. The molecule has 3 rings (SSSR count). The molecule has 0 bridgehead atoms. The van der Waals surface area contributed by atoms with Gasteiger partial charge in [0.2, 0.25) is 5.91 Å². The maximum atomic E-state index is 12.3. The van der Waals surface area contributed by atoms with E-state index in [2.05, 4.69) is 15.3 Å². The molecular weight excluding hydrogens is 266 g/mol. The maximum Gasteiger partial charge on any atom is 0.224 e. The second-order valence-electron chi connectivity index (χ2n) is 5.79. The summed E-state index contributed by atoms with van der Waals surface area (Å²) < 4.78 is 0. The Morgan fingerprint density at radius 3 is 3.14 bits per heavy atom. The van der Waals surface area contributed by atoms with Crippen LogP contribution in [0.1, 0.15) is 31.2 Å². The van der Waals surface area contributed by atoms with E-state index in [0.717, 1.165) is 42.3 Å². The van der Waals surface area contributed by atoms with Gasteiger partial charge in [-0.2, -0.15) is 0 Å². The van der Waals surface area contributed by atoms with Crippen LogP contribution in [0.25, 0.3) is 11.0 Å². The number of nitrogens with one attached hydrogen (secondary N) is 2. The summed E-state index contributed by atoms with van der Waals surface area (Å²) in [5.41, 5.74) is 1.78. The van der Waals surface area contributed by atoms with Crippen molar-refractivity contribution in [3.63, 3.8) is 0 Å². The molecular formula is C16H21N3O2. The molecule has 0 spiro atoms. The van der Waals surface area contributed by atoms with Crippen molar-refractivity contribution in [1.29, 1.82) is 0 Å². The molecule has 112 valence electrons. The molecule has 1 fully saturated rings. The van der Waals surface area contributed by atoms with Gasteiger partial charge in [0.25, 0.3) is 0 Å². The van der Waals surface area contributed by atoms with Crippen LogP contribution in [0, 0.1) is 5.92 Å². The number of aliphatic hydroxyl groups excluding tert-OH is 1. The Morgan fingerprint density at radius 1 is 1.43 bits per heavy atom. The zero-order chi connectivity index (χ0) is 14.7. The largest absolute Gasteiger partial charge is 0.396 e. The van der Waals surface area contributed by atoms with E-state index >= 15 is 0 Å². The normalized spacial score (nSPS) is 22.3. The summed E-state index contributed by atoms with van der Waals surface area (Å²) in [6, 6.07) is 3.96. The Labute approximate surface area is 123 Å². The lowest BCUT2D eigenvalue weighted by molar-refractivity contribution is -0.121. The third kappa shape index (κ3) is 3.08. The number of nitrogens with zero attached hydrogens (tertiary/aromatic N) is 1. The fraction of sp³-hybridized carbons (Fsp3) is 0.500. The Bertz CT molecular complexity index is 623. The summed E-state index contributed by atoms with van der Waals surface area (Å²) in [7, 11) is 0. The Morgan fingerprint density at radius 2 is 2.29 bits per heavy atom. The van der Waals surface area contributed by atoms with Crippen LogP contribution in [-0.2, 0) is 11.2 Å². The van der Waals surface area contributed by atoms with Crippen LogP contribution in [0.2, 0.25) is 0 Å². The van der Waals surface area contributed by atoms with Crippen LogP contribution in [0.3, 0.4) is 0 Å². The lowest BCUT2D eigenvalue weighted by atomic mass is 9.85. The molecule has 3 N–H and O–H groups in total. The molecule has 0 radical (unpaired) electrons. The molecule has 0 aromatic carbocycles. The van der Waals surface area contributed by atoms with E-state index in [0.29, 0.717) is 6.42 Å². The monoisotopic (exact) mass is 287 g/mol. The van der Waals surface area contributed by atoms with Crippen molar-refractivity contribution >= 4 is 16.9 Å². The van der Waals surface area contributed by atoms with E-state index in [1.807, 2.05) is 18.3 Å². The van der Waals surface area contributed by atoms with E-state index < -0.39 is 0 Å². The van der Waals surface area contributed by atoms with Gasteiger partial charge in [0.15, 0.2) is 0 Å². The van der Waals surface area contributed by atoms with Crippen molar-refractivity contribution < 1.29 is 9.90 Å². The van der Waals surface area contributed by atoms with Gasteiger partial charge in [0, 0.05) is 36.3 Å². The van der Waals surface area contributed by atoms with Crippen molar-refractivity contribution in [1.82, 2.24) is 15.3 Å². The van der Waals surface area contributed by atoms with Gasteiger partial charge in [-0.3, -0.25) is 4.79 Å². The van der Waals surface area contributed by atoms with Crippen molar-refractivity contribution in [2.45, 2.75) is 38.1 Å². The first-order valence-electron chi connectivity index (χ1n) is 7.59. The number of carbonyl (C=O) groups excluding carboxylic acids is 1. The molecule has 21 heavy (non-hydrogen) atoms. The van der Waals surface area contributed by atoms with Crippen molar-refractivity contribution in [3.05, 3.63) is 30.1 Å². The quantitative estimate of drug-likeness (QED) is 0.802. The number of hydrogen-bond acceptors (Lipinski definition) is 3. The fourth-order valence-electron chi connectivity index (χ4n) is 3.21. The Kier molecular flexibility index (Phi) is 4.20. The summed E-state index contributed by atoms with van der Waals surface area (Å²) in [5.74, 6) is 0.220. The molecule has 2 aromatic heterocycles. The van der Waals surface area contributed by atoms with Gasteiger partial charge in [-0.05, 0) is 30.5 Å². The van der Waals surface area contributed by atoms with E-state index in [1.165, 1.54) is 0 Å². The molecule has 1 aliphatic rings. The number of fused-ring (bicyclic) bond motifs is 1. The first-order chi connectivity index (χ1) is 10.3. The van der Waals surface area contributed by atoms with Crippen LogP contribution < -0.4 is 5.32 Å². The van der Waals surface area contributed by atoms with Gasteiger partial charge in [0.05, 0.1) is 6.42 Å². The van der Waals surface area contributed by atoms with Crippen LogP contribution in [0.4, 0.5) is 0 Å². The number of aliphatic hydroxyl groups is 1. The zero-order valence-electron chi connectivity index (χ0n) is 12.0. The van der Waals surface area contributed by atoms with Gasteiger partial charge < -0.3 is 15.4 Å². The maximum absolute atomic E-state index is 12.3. The Balaban J connectivity index is 1.66. The molecule has 2 atom stereocenters. The number of hydrogen-bond donors (Lipinski definition) is 3. The molecule has 5 nitrogen and oxygen atoms in total. The number of pyridine rings is 1. The highest BCUT2D eigenvalue weighted by Crippen LogP contribution is 2.24. The lowest BCUT2D eigenvalue weighted by Crippen LogP contribution is -2.44. The average Bonchev–Trinajstić information content (AvgIpc) is 2.91. The first kappa shape index (κ1) is 14.1.